The van der Waals surface area contributed by atoms with Gasteiger partial charge in [-0.25, -0.2) is 8.78 Å². The molecule has 9 heteroatoms. The van der Waals surface area contributed by atoms with Gasteiger partial charge in [-0.05, 0) is 17.7 Å². The highest BCUT2D eigenvalue weighted by molar-refractivity contribution is 5.71. The van der Waals surface area contributed by atoms with Crippen LogP contribution < -0.4 is 5.43 Å². The molecule has 2 aromatic rings. The molecule has 1 aliphatic rings. The molecule has 7 nitrogen and oxygen atoms in total. The van der Waals surface area contributed by atoms with E-state index < -0.39 is 34.7 Å². The fourth-order valence-electron chi connectivity index (χ4n) is 3.19. The van der Waals surface area contributed by atoms with Crippen LogP contribution in [0.1, 0.15) is 29.4 Å². The van der Waals surface area contributed by atoms with E-state index in [0.717, 1.165) is 12.1 Å². The Morgan fingerprint density at radius 1 is 1.24 bits per heavy atom. The molecular weight excluding hydrogens is 388 g/mol. The normalized spacial score (nSPS) is 15.8. The highest BCUT2D eigenvalue weighted by Crippen LogP contribution is 2.34. The van der Waals surface area contributed by atoms with Crippen LogP contribution in [0.4, 0.5) is 8.78 Å². The van der Waals surface area contributed by atoms with Gasteiger partial charge in [-0.2, -0.15) is 0 Å². The molecule has 1 N–H and O–H groups in total. The molecule has 0 unspecified atom stereocenters. The number of hydrogen-bond donors (Lipinski definition) is 1. The SMILES string of the molecule is COC(=O)C[C@@H](c1ccc(F)c(F)c1)c1oc(CN2CCOCC2)cc(=O)c1O. The lowest BCUT2D eigenvalue weighted by molar-refractivity contribution is -0.140. The minimum Gasteiger partial charge on any atom is -0.502 e. The molecule has 156 valence electrons. The maximum atomic E-state index is 13.8. The average molecular weight is 409 g/mol. The van der Waals surface area contributed by atoms with Crippen LogP contribution in [0, 0.1) is 11.6 Å². The highest BCUT2D eigenvalue weighted by atomic mass is 19.2. The van der Waals surface area contributed by atoms with Crippen molar-refractivity contribution in [3.63, 3.8) is 0 Å². The van der Waals surface area contributed by atoms with Crippen molar-refractivity contribution >= 4 is 5.97 Å². The highest BCUT2D eigenvalue weighted by Gasteiger charge is 2.28. The lowest BCUT2D eigenvalue weighted by atomic mass is 9.92. The van der Waals surface area contributed by atoms with E-state index in [9.17, 15) is 23.5 Å². The van der Waals surface area contributed by atoms with Crippen LogP contribution in [0.25, 0.3) is 0 Å². The molecule has 0 radical (unpaired) electrons. The van der Waals surface area contributed by atoms with Crippen molar-refractivity contribution < 1.29 is 32.6 Å². The van der Waals surface area contributed by atoms with E-state index in [4.69, 9.17) is 9.15 Å². The van der Waals surface area contributed by atoms with E-state index >= 15 is 0 Å². The number of morpholine rings is 1. The minimum absolute atomic E-state index is 0.163. The molecule has 0 aliphatic carbocycles. The second kappa shape index (κ2) is 9.15. The largest absolute Gasteiger partial charge is 0.502 e. The summed E-state index contributed by atoms with van der Waals surface area (Å²) in [6, 6.07) is 4.24. The molecule has 1 saturated heterocycles. The molecular formula is C20H21F2NO6. The van der Waals surface area contributed by atoms with Crippen LogP contribution in [0.5, 0.6) is 5.75 Å². The molecule has 0 spiro atoms. The molecule has 1 aromatic carbocycles. The summed E-state index contributed by atoms with van der Waals surface area (Å²) in [5, 5.41) is 10.3. The number of nitrogens with zero attached hydrogens (tertiary/aromatic N) is 1. The second-order valence-electron chi connectivity index (χ2n) is 6.68. The van der Waals surface area contributed by atoms with Crippen molar-refractivity contribution in [3.8, 4) is 5.75 Å². The summed E-state index contributed by atoms with van der Waals surface area (Å²) >= 11 is 0. The first-order valence-electron chi connectivity index (χ1n) is 9.06. The lowest BCUT2D eigenvalue weighted by Gasteiger charge is -2.26. The number of rotatable bonds is 6. The quantitative estimate of drug-likeness (QED) is 0.732. The van der Waals surface area contributed by atoms with E-state index in [1.807, 2.05) is 4.90 Å². The van der Waals surface area contributed by atoms with Gasteiger partial charge in [-0.3, -0.25) is 14.5 Å². The van der Waals surface area contributed by atoms with Gasteiger partial charge in [0.05, 0.1) is 39.2 Å². The van der Waals surface area contributed by atoms with E-state index in [1.165, 1.54) is 19.2 Å². The Balaban J connectivity index is 2.02. The maximum Gasteiger partial charge on any atom is 0.306 e. The van der Waals surface area contributed by atoms with Crippen LogP contribution in [0.2, 0.25) is 0 Å². The molecule has 0 amide bonds. The second-order valence-corrected chi connectivity index (χ2v) is 6.68. The number of methoxy groups -OCH3 is 1. The number of hydrogen-bond acceptors (Lipinski definition) is 7. The Kier molecular flexibility index (Phi) is 6.60. The van der Waals surface area contributed by atoms with Gasteiger partial charge in [0.25, 0.3) is 0 Å². The third-order valence-corrected chi connectivity index (χ3v) is 4.74. The van der Waals surface area contributed by atoms with E-state index in [0.29, 0.717) is 32.8 Å². The molecule has 2 heterocycles. The molecule has 29 heavy (non-hydrogen) atoms. The van der Waals surface area contributed by atoms with Gasteiger partial charge >= 0.3 is 5.97 Å². The Bertz CT molecular complexity index is 939. The average Bonchev–Trinajstić information content (AvgIpc) is 2.71. The van der Waals surface area contributed by atoms with Gasteiger partial charge in [0.1, 0.15) is 5.76 Å². The van der Waals surface area contributed by atoms with E-state index in [1.54, 1.807) is 0 Å². The summed E-state index contributed by atoms with van der Waals surface area (Å²) < 4.78 is 42.9. The van der Waals surface area contributed by atoms with Crippen molar-refractivity contribution in [1.29, 1.82) is 0 Å². The first-order chi connectivity index (χ1) is 13.9. The zero-order chi connectivity index (χ0) is 21.0. The number of ether oxygens (including phenoxy) is 2. The number of benzene rings is 1. The van der Waals surface area contributed by atoms with Crippen molar-refractivity contribution in [3.05, 3.63) is 63.2 Å². The first-order valence-corrected chi connectivity index (χ1v) is 9.06. The Morgan fingerprint density at radius 2 is 1.97 bits per heavy atom. The fourth-order valence-corrected chi connectivity index (χ4v) is 3.19. The summed E-state index contributed by atoms with van der Waals surface area (Å²) in [5.74, 6) is -4.48. The number of esters is 1. The van der Waals surface area contributed by atoms with Gasteiger partial charge in [-0.15, -0.1) is 0 Å². The number of halogens is 2. The summed E-state index contributed by atoms with van der Waals surface area (Å²) in [6.45, 7) is 2.70. The molecule has 3 rings (SSSR count). The summed E-state index contributed by atoms with van der Waals surface area (Å²) in [6.07, 6.45) is -0.334. The monoisotopic (exact) mass is 409 g/mol. The first kappa shape index (κ1) is 20.9. The van der Waals surface area contributed by atoms with Gasteiger partial charge in [0.2, 0.25) is 11.2 Å². The zero-order valence-corrected chi connectivity index (χ0v) is 15.8. The Hall–Kier alpha value is -2.78. The topological polar surface area (TPSA) is 89.2 Å². The predicted octanol–water partition coefficient (Wildman–Crippen LogP) is 2.15. The van der Waals surface area contributed by atoms with Crippen LogP contribution in [-0.2, 0) is 20.8 Å². The summed E-state index contributed by atoms with van der Waals surface area (Å²) in [7, 11) is 1.18. The van der Waals surface area contributed by atoms with E-state index in [-0.39, 0.29) is 23.5 Å². The zero-order valence-electron chi connectivity index (χ0n) is 15.8. The van der Waals surface area contributed by atoms with Crippen LogP contribution in [-0.4, -0.2) is 49.4 Å². The molecule has 0 bridgehead atoms. The third kappa shape index (κ3) is 4.99. The standard InChI is InChI=1S/C20H21F2NO6/c1-27-18(25)10-14(12-2-3-15(21)16(22)8-12)20-19(26)17(24)9-13(29-20)11-23-4-6-28-7-5-23/h2-3,8-9,14,26H,4-7,10-11H2,1H3/t14-/m0/s1. The Labute approximate surface area is 165 Å². The third-order valence-electron chi connectivity index (χ3n) is 4.74. The van der Waals surface area contributed by atoms with Crippen molar-refractivity contribution in [2.45, 2.75) is 18.9 Å². The fraction of sp³-hybridized carbons (Fsp3) is 0.400. The predicted molar refractivity (Wildman–Crippen MR) is 97.6 cm³/mol. The Morgan fingerprint density at radius 3 is 2.62 bits per heavy atom. The van der Waals surface area contributed by atoms with Crippen molar-refractivity contribution in [2.75, 3.05) is 33.4 Å². The molecule has 1 fully saturated rings. The number of aromatic hydroxyl groups is 1. The van der Waals surface area contributed by atoms with Crippen molar-refractivity contribution in [2.24, 2.45) is 0 Å². The lowest BCUT2D eigenvalue weighted by Crippen LogP contribution is -2.35. The summed E-state index contributed by atoms with van der Waals surface area (Å²) in [4.78, 5) is 26.2. The van der Waals surface area contributed by atoms with E-state index in [2.05, 4.69) is 4.74 Å². The summed E-state index contributed by atoms with van der Waals surface area (Å²) in [5.41, 5.74) is -0.525. The van der Waals surface area contributed by atoms with Gasteiger partial charge in [0.15, 0.2) is 17.4 Å². The van der Waals surface area contributed by atoms with Crippen LogP contribution >= 0.6 is 0 Å². The number of carbonyl (C=O) groups is 1. The van der Waals surface area contributed by atoms with Gasteiger partial charge in [0, 0.05) is 19.2 Å². The molecule has 1 atom stereocenters. The van der Waals surface area contributed by atoms with Crippen molar-refractivity contribution in [1.82, 2.24) is 4.90 Å². The van der Waals surface area contributed by atoms with Crippen LogP contribution in [0.15, 0.2) is 33.5 Å². The molecule has 0 saturated carbocycles. The van der Waals surface area contributed by atoms with Gasteiger partial charge < -0.3 is 19.0 Å². The molecule has 1 aromatic heterocycles. The number of carbonyl (C=O) groups excluding carboxylic acids is 1. The molecule has 1 aliphatic heterocycles. The minimum atomic E-state index is -1.12. The van der Waals surface area contributed by atoms with Crippen LogP contribution in [0.3, 0.4) is 0 Å². The smallest absolute Gasteiger partial charge is 0.306 e. The van der Waals surface area contributed by atoms with Gasteiger partial charge in [-0.1, -0.05) is 6.07 Å². The maximum absolute atomic E-state index is 13.8.